The summed E-state index contributed by atoms with van der Waals surface area (Å²) in [5.74, 6) is 0.614. The van der Waals surface area contributed by atoms with Gasteiger partial charge in [0.25, 0.3) is 0 Å². The molecule has 106 valence electrons. The fraction of sp³-hybridized carbons (Fsp3) is 0.125. The van der Waals surface area contributed by atoms with Crippen LogP contribution < -0.4 is 0 Å². The van der Waals surface area contributed by atoms with Crippen molar-refractivity contribution in [2.75, 3.05) is 0 Å². The van der Waals surface area contributed by atoms with Gasteiger partial charge in [0.05, 0.1) is 5.52 Å². The Morgan fingerprint density at radius 2 is 1.76 bits per heavy atom. The van der Waals surface area contributed by atoms with Gasteiger partial charge in [0.15, 0.2) is 5.82 Å². The Bertz CT molecular complexity index is 863. The second-order valence-electron chi connectivity index (χ2n) is 4.87. The number of hydrogen-bond acceptors (Lipinski definition) is 2. The lowest BCUT2D eigenvalue weighted by molar-refractivity contribution is 1.20. The summed E-state index contributed by atoms with van der Waals surface area (Å²) in [6.07, 6.45) is 0. The Balaban J connectivity index is 2.31. The van der Waals surface area contributed by atoms with E-state index in [4.69, 9.17) is 23.2 Å². The monoisotopic (exact) mass is 380 g/mol. The molecule has 2 aromatic carbocycles. The first kappa shape index (κ1) is 14.8. The standard InChI is InChI=1S/C16H11BrCl2N2/c1-8-7-10(18)3-4-11(8)16-20-14-9(2)13(17)6-5-12(14)15(19)21-16/h3-7H,1-2H3. The lowest BCUT2D eigenvalue weighted by Gasteiger charge is -2.10. The van der Waals surface area contributed by atoms with E-state index in [-0.39, 0.29) is 0 Å². The molecule has 0 spiro atoms. The molecule has 5 heteroatoms. The largest absolute Gasteiger partial charge is 0.228 e. The molecule has 0 aliphatic heterocycles. The molecular weight excluding hydrogens is 371 g/mol. The summed E-state index contributed by atoms with van der Waals surface area (Å²) in [7, 11) is 0. The molecule has 0 fully saturated rings. The molecule has 0 amide bonds. The number of aromatic nitrogens is 2. The van der Waals surface area contributed by atoms with Gasteiger partial charge in [-0.15, -0.1) is 0 Å². The van der Waals surface area contributed by atoms with Crippen molar-refractivity contribution >= 4 is 50.0 Å². The molecule has 0 atom stereocenters. The van der Waals surface area contributed by atoms with Gasteiger partial charge in [-0.1, -0.05) is 39.1 Å². The number of aryl methyl sites for hydroxylation is 2. The lowest BCUT2D eigenvalue weighted by atomic mass is 10.1. The summed E-state index contributed by atoms with van der Waals surface area (Å²) in [6.45, 7) is 3.99. The molecule has 0 saturated heterocycles. The van der Waals surface area contributed by atoms with Crippen LogP contribution >= 0.6 is 39.1 Å². The summed E-state index contributed by atoms with van der Waals surface area (Å²) >= 11 is 15.9. The zero-order valence-corrected chi connectivity index (χ0v) is 14.5. The SMILES string of the molecule is Cc1cc(Cl)ccc1-c1nc(Cl)c2ccc(Br)c(C)c2n1. The van der Waals surface area contributed by atoms with E-state index in [1.165, 1.54) is 0 Å². The number of hydrogen-bond donors (Lipinski definition) is 0. The quantitative estimate of drug-likeness (QED) is 0.484. The molecule has 0 radical (unpaired) electrons. The highest BCUT2D eigenvalue weighted by molar-refractivity contribution is 9.10. The van der Waals surface area contributed by atoms with Crippen molar-refractivity contribution in [3.63, 3.8) is 0 Å². The third-order valence-electron chi connectivity index (χ3n) is 3.44. The van der Waals surface area contributed by atoms with Crippen LogP contribution in [0.5, 0.6) is 0 Å². The van der Waals surface area contributed by atoms with Crippen molar-refractivity contribution in [1.82, 2.24) is 9.97 Å². The van der Waals surface area contributed by atoms with E-state index < -0.39 is 0 Å². The first-order valence-corrected chi connectivity index (χ1v) is 7.91. The van der Waals surface area contributed by atoms with Gasteiger partial charge in [0.2, 0.25) is 0 Å². The zero-order valence-electron chi connectivity index (χ0n) is 11.4. The third kappa shape index (κ3) is 2.66. The Hall–Kier alpha value is -1.16. The van der Waals surface area contributed by atoms with E-state index >= 15 is 0 Å². The van der Waals surface area contributed by atoms with Crippen LogP contribution in [0, 0.1) is 13.8 Å². The molecular formula is C16H11BrCl2N2. The minimum Gasteiger partial charge on any atom is -0.228 e. The van der Waals surface area contributed by atoms with Crippen LogP contribution in [0.4, 0.5) is 0 Å². The first-order chi connectivity index (χ1) is 9.97. The van der Waals surface area contributed by atoms with Crippen LogP contribution in [0.2, 0.25) is 10.2 Å². The van der Waals surface area contributed by atoms with Crippen LogP contribution in [-0.4, -0.2) is 9.97 Å². The van der Waals surface area contributed by atoms with Crippen LogP contribution in [-0.2, 0) is 0 Å². The first-order valence-electron chi connectivity index (χ1n) is 6.36. The Morgan fingerprint density at radius 1 is 1.00 bits per heavy atom. The zero-order chi connectivity index (χ0) is 15.1. The molecule has 0 bridgehead atoms. The second kappa shape index (κ2) is 5.56. The van der Waals surface area contributed by atoms with Crippen molar-refractivity contribution < 1.29 is 0 Å². The maximum atomic E-state index is 6.33. The lowest BCUT2D eigenvalue weighted by Crippen LogP contribution is -1.96. The van der Waals surface area contributed by atoms with Crippen LogP contribution in [0.3, 0.4) is 0 Å². The predicted molar refractivity (Wildman–Crippen MR) is 92.2 cm³/mol. The van der Waals surface area contributed by atoms with E-state index in [1.54, 1.807) is 0 Å². The summed E-state index contributed by atoms with van der Waals surface area (Å²) < 4.78 is 1.00. The fourth-order valence-electron chi connectivity index (χ4n) is 2.27. The fourth-order valence-corrected chi connectivity index (χ4v) is 3.05. The van der Waals surface area contributed by atoms with Crippen LogP contribution in [0.15, 0.2) is 34.8 Å². The Morgan fingerprint density at radius 3 is 2.48 bits per heavy atom. The molecule has 0 unspecified atom stereocenters. The summed E-state index contributed by atoms with van der Waals surface area (Å²) in [6, 6.07) is 9.53. The second-order valence-corrected chi connectivity index (χ2v) is 6.51. The van der Waals surface area contributed by atoms with E-state index in [1.807, 2.05) is 44.2 Å². The number of halogens is 3. The van der Waals surface area contributed by atoms with E-state index in [0.717, 1.165) is 32.1 Å². The van der Waals surface area contributed by atoms with E-state index in [9.17, 15) is 0 Å². The highest BCUT2D eigenvalue weighted by Crippen LogP contribution is 2.31. The molecule has 2 nitrogen and oxygen atoms in total. The minimum atomic E-state index is 0.458. The van der Waals surface area contributed by atoms with Gasteiger partial charge in [0.1, 0.15) is 5.15 Å². The van der Waals surface area contributed by atoms with Crippen LogP contribution in [0.1, 0.15) is 11.1 Å². The predicted octanol–water partition coefficient (Wildman–Crippen LogP) is 5.98. The van der Waals surface area contributed by atoms with E-state index in [0.29, 0.717) is 16.0 Å². The van der Waals surface area contributed by atoms with Gasteiger partial charge in [0, 0.05) is 20.4 Å². The molecule has 3 aromatic rings. The van der Waals surface area contributed by atoms with Gasteiger partial charge in [-0.25, -0.2) is 9.97 Å². The Labute approximate surface area is 141 Å². The van der Waals surface area contributed by atoms with Crippen molar-refractivity contribution in [2.24, 2.45) is 0 Å². The molecule has 0 N–H and O–H groups in total. The van der Waals surface area contributed by atoms with Crippen molar-refractivity contribution in [2.45, 2.75) is 13.8 Å². The molecule has 0 aliphatic rings. The maximum absolute atomic E-state index is 6.33. The topological polar surface area (TPSA) is 25.8 Å². The maximum Gasteiger partial charge on any atom is 0.161 e. The summed E-state index contributed by atoms with van der Waals surface area (Å²) in [5, 5.41) is 2.01. The highest BCUT2D eigenvalue weighted by atomic mass is 79.9. The average molecular weight is 382 g/mol. The Kier molecular flexibility index (Phi) is 3.91. The van der Waals surface area contributed by atoms with Gasteiger partial charge in [-0.3, -0.25) is 0 Å². The summed E-state index contributed by atoms with van der Waals surface area (Å²) in [4.78, 5) is 9.12. The number of rotatable bonds is 1. The molecule has 3 rings (SSSR count). The molecule has 21 heavy (non-hydrogen) atoms. The normalized spacial score (nSPS) is 11.1. The molecule has 1 heterocycles. The van der Waals surface area contributed by atoms with Gasteiger partial charge >= 0.3 is 0 Å². The van der Waals surface area contributed by atoms with Gasteiger partial charge in [-0.05, 0) is 55.3 Å². The third-order valence-corrected chi connectivity index (χ3v) is 4.82. The summed E-state index contributed by atoms with van der Waals surface area (Å²) in [5.41, 5.74) is 3.85. The highest BCUT2D eigenvalue weighted by Gasteiger charge is 2.12. The van der Waals surface area contributed by atoms with Crippen molar-refractivity contribution in [3.8, 4) is 11.4 Å². The smallest absolute Gasteiger partial charge is 0.161 e. The molecule has 0 saturated carbocycles. The minimum absolute atomic E-state index is 0.458. The number of nitrogens with zero attached hydrogens (tertiary/aromatic N) is 2. The molecule has 0 aliphatic carbocycles. The van der Waals surface area contributed by atoms with Crippen LogP contribution in [0.25, 0.3) is 22.3 Å². The number of benzene rings is 2. The molecule has 1 aromatic heterocycles. The van der Waals surface area contributed by atoms with Gasteiger partial charge < -0.3 is 0 Å². The number of fused-ring (bicyclic) bond motifs is 1. The van der Waals surface area contributed by atoms with E-state index in [2.05, 4.69) is 25.9 Å². The van der Waals surface area contributed by atoms with Crippen molar-refractivity contribution in [1.29, 1.82) is 0 Å². The van der Waals surface area contributed by atoms with Gasteiger partial charge in [-0.2, -0.15) is 0 Å². The average Bonchev–Trinajstić information content (AvgIpc) is 2.43. The van der Waals surface area contributed by atoms with Crippen molar-refractivity contribution in [3.05, 3.63) is 56.1 Å².